The summed E-state index contributed by atoms with van der Waals surface area (Å²) in [6, 6.07) is 19.8. The first-order chi connectivity index (χ1) is 17.0. The number of H-pyrrole nitrogens is 1. The van der Waals surface area contributed by atoms with Gasteiger partial charge in [-0.2, -0.15) is 0 Å². The first kappa shape index (κ1) is 22.4. The molecular formula is C24H20N5O5S+. The number of nitrogens with zero attached hydrogens (tertiary/aromatic N) is 3. The zero-order chi connectivity index (χ0) is 24.5. The molecule has 4 aromatic rings. The van der Waals surface area contributed by atoms with Crippen molar-refractivity contribution in [2.75, 3.05) is 12.4 Å². The molecule has 0 fully saturated rings. The zero-order valence-corrected chi connectivity index (χ0v) is 19.3. The summed E-state index contributed by atoms with van der Waals surface area (Å²) in [4.78, 5) is 27.0. The number of methoxy groups -OCH3 is 1. The van der Waals surface area contributed by atoms with E-state index in [4.69, 9.17) is 4.74 Å². The van der Waals surface area contributed by atoms with Gasteiger partial charge in [-0.15, -0.1) is 0 Å². The van der Waals surface area contributed by atoms with E-state index in [-0.39, 0.29) is 11.3 Å². The molecule has 0 spiro atoms. The predicted molar refractivity (Wildman–Crippen MR) is 130 cm³/mol. The third-order valence-electron chi connectivity index (χ3n) is 5.61. The molecule has 3 aromatic carbocycles. The third-order valence-corrected chi connectivity index (χ3v) is 6.54. The maximum atomic E-state index is 13.3. The highest BCUT2D eigenvalue weighted by Gasteiger charge is 2.39. The molecule has 0 amide bonds. The van der Waals surface area contributed by atoms with Crippen LogP contribution in [-0.2, 0) is 5.75 Å². The number of nitrogens with one attached hydrogen (secondary N) is 2. The molecule has 3 N–H and O–H groups in total. The summed E-state index contributed by atoms with van der Waals surface area (Å²) in [7, 11) is 1.31. The van der Waals surface area contributed by atoms with Crippen molar-refractivity contribution in [2.24, 2.45) is 0 Å². The average molecular weight is 491 g/mol. The molecule has 1 aliphatic rings. The normalized spacial score (nSPS) is 13.9. The Bertz CT molecular complexity index is 1490. The first-order valence-electron chi connectivity index (χ1n) is 10.6. The number of thioether (sulfide) groups is 1. The van der Waals surface area contributed by atoms with Crippen molar-refractivity contribution in [3.8, 4) is 22.8 Å². The standard InChI is InChI=1S/C24H19N5O5S/c1-34-19-12-15(11-18(21(19)30)29(32)33)22-25-17-10-6-5-9-16(17)20-23(31)26-24(27-28(20)22)35-13-14-7-3-2-4-8-14/h2-12,22H,13H2,1H3,(H2,26,27,30,31)/p+1/t22-/m0/s1. The van der Waals surface area contributed by atoms with Crippen LogP contribution < -0.4 is 20.3 Å². The minimum absolute atomic E-state index is 0.0551. The summed E-state index contributed by atoms with van der Waals surface area (Å²) in [6.07, 6.45) is -0.772. The van der Waals surface area contributed by atoms with Crippen LogP contribution in [-0.4, -0.2) is 27.2 Å². The number of nitro groups is 1. The molecule has 35 heavy (non-hydrogen) atoms. The number of hydrogen-bond donors (Lipinski definition) is 3. The van der Waals surface area contributed by atoms with Crippen LogP contribution in [0.3, 0.4) is 0 Å². The Morgan fingerprint density at radius 1 is 1.17 bits per heavy atom. The molecule has 2 heterocycles. The van der Waals surface area contributed by atoms with Crippen LogP contribution in [0.15, 0.2) is 76.7 Å². The number of rotatable bonds is 6. The van der Waals surface area contributed by atoms with Crippen molar-refractivity contribution < 1.29 is 19.4 Å². The topological polar surface area (TPSA) is 134 Å². The quantitative estimate of drug-likeness (QED) is 0.162. The lowest BCUT2D eigenvalue weighted by molar-refractivity contribution is -0.759. The lowest BCUT2D eigenvalue weighted by atomic mass is 10.0. The van der Waals surface area contributed by atoms with Crippen LogP contribution in [0.2, 0.25) is 0 Å². The van der Waals surface area contributed by atoms with Gasteiger partial charge >= 0.3 is 16.9 Å². The Balaban J connectivity index is 1.65. The smallest absolute Gasteiger partial charge is 0.325 e. The molecule has 0 unspecified atom stereocenters. The van der Waals surface area contributed by atoms with Crippen molar-refractivity contribution in [1.29, 1.82) is 0 Å². The van der Waals surface area contributed by atoms with Gasteiger partial charge in [0.05, 0.1) is 28.8 Å². The van der Waals surface area contributed by atoms with Gasteiger partial charge in [-0.1, -0.05) is 54.2 Å². The van der Waals surface area contributed by atoms with Gasteiger partial charge in [0.1, 0.15) is 0 Å². The number of hydrogen-bond acceptors (Lipinski definition) is 8. The molecule has 176 valence electrons. The fraction of sp³-hybridized carbons (Fsp3) is 0.125. The van der Waals surface area contributed by atoms with E-state index in [1.54, 1.807) is 6.07 Å². The summed E-state index contributed by atoms with van der Waals surface area (Å²) in [5.74, 6) is -0.0303. The molecule has 0 radical (unpaired) electrons. The molecule has 0 bridgehead atoms. The fourth-order valence-corrected chi connectivity index (χ4v) is 4.78. The van der Waals surface area contributed by atoms with E-state index >= 15 is 0 Å². The summed E-state index contributed by atoms with van der Waals surface area (Å²) in [5, 5.41) is 30.2. The molecule has 10 nitrogen and oxygen atoms in total. The van der Waals surface area contributed by atoms with Crippen LogP contribution >= 0.6 is 11.8 Å². The number of phenols is 1. The third kappa shape index (κ3) is 4.17. The predicted octanol–water partition coefficient (Wildman–Crippen LogP) is 3.61. The number of aromatic nitrogens is 3. The Hall–Kier alpha value is -4.38. The second kappa shape index (κ2) is 9.11. The van der Waals surface area contributed by atoms with Gasteiger partial charge in [0, 0.05) is 16.9 Å². The Morgan fingerprint density at radius 2 is 1.91 bits per heavy atom. The Labute approximate surface area is 203 Å². The Kier molecular flexibility index (Phi) is 5.83. The van der Waals surface area contributed by atoms with E-state index < -0.39 is 22.5 Å². The molecule has 0 saturated heterocycles. The maximum Gasteiger partial charge on any atom is 0.325 e. The van der Waals surface area contributed by atoms with Crippen LogP contribution in [0.25, 0.3) is 11.3 Å². The number of fused-ring (bicyclic) bond motifs is 3. The number of nitro benzene ring substituents is 1. The van der Waals surface area contributed by atoms with Crippen molar-refractivity contribution in [2.45, 2.75) is 17.1 Å². The van der Waals surface area contributed by atoms with Crippen molar-refractivity contribution in [3.05, 3.63) is 98.3 Å². The number of para-hydroxylation sites is 1. The summed E-state index contributed by atoms with van der Waals surface area (Å²) < 4.78 is 6.69. The van der Waals surface area contributed by atoms with E-state index in [1.165, 1.54) is 35.7 Å². The zero-order valence-electron chi connectivity index (χ0n) is 18.5. The lowest BCUT2D eigenvalue weighted by Gasteiger charge is -2.22. The number of aromatic amines is 1. The van der Waals surface area contributed by atoms with Gasteiger partial charge in [0.2, 0.25) is 10.9 Å². The Morgan fingerprint density at radius 3 is 2.66 bits per heavy atom. The van der Waals surface area contributed by atoms with Gasteiger partial charge < -0.3 is 15.2 Å². The SMILES string of the molecule is COc1cc([C@H]2Nc3ccccc3-c3c(=O)[nH]c(SCc4ccccc4)n[n+]32)cc([N+](=O)[O-])c1O. The van der Waals surface area contributed by atoms with E-state index in [9.17, 15) is 20.0 Å². The van der Waals surface area contributed by atoms with Crippen LogP contribution in [0.1, 0.15) is 17.3 Å². The monoisotopic (exact) mass is 490 g/mol. The van der Waals surface area contributed by atoms with Crippen LogP contribution in [0.5, 0.6) is 11.5 Å². The molecule has 0 aliphatic carbocycles. The molecule has 11 heteroatoms. The number of aromatic hydroxyl groups is 1. The number of benzene rings is 3. The van der Waals surface area contributed by atoms with Gasteiger partial charge in [-0.05, 0) is 28.4 Å². The van der Waals surface area contributed by atoms with E-state index in [1.807, 2.05) is 48.5 Å². The van der Waals surface area contributed by atoms with Crippen LogP contribution in [0, 0.1) is 10.1 Å². The van der Waals surface area contributed by atoms with Gasteiger partial charge in [-0.25, -0.2) is 0 Å². The first-order valence-corrected chi connectivity index (χ1v) is 11.6. The van der Waals surface area contributed by atoms with Crippen molar-refractivity contribution in [1.82, 2.24) is 10.1 Å². The molecule has 1 aliphatic heterocycles. The van der Waals surface area contributed by atoms with E-state index in [2.05, 4.69) is 15.4 Å². The number of ether oxygens (including phenoxy) is 1. The second-order valence-corrected chi connectivity index (χ2v) is 8.73. The van der Waals surface area contributed by atoms with E-state index in [0.717, 1.165) is 5.56 Å². The van der Waals surface area contributed by atoms with Crippen LogP contribution in [0.4, 0.5) is 11.4 Å². The van der Waals surface area contributed by atoms with Gasteiger partial charge in [-0.3, -0.25) is 19.9 Å². The minimum Gasteiger partial charge on any atom is -0.500 e. The molecule has 0 saturated carbocycles. The van der Waals surface area contributed by atoms with E-state index in [0.29, 0.717) is 33.4 Å². The maximum absolute atomic E-state index is 13.3. The molecule has 1 aromatic heterocycles. The highest BCUT2D eigenvalue weighted by molar-refractivity contribution is 7.98. The molecular weight excluding hydrogens is 470 g/mol. The fourth-order valence-electron chi connectivity index (χ4n) is 3.97. The van der Waals surface area contributed by atoms with Crippen molar-refractivity contribution >= 4 is 23.1 Å². The van der Waals surface area contributed by atoms with Gasteiger partial charge in [0.15, 0.2) is 5.75 Å². The van der Waals surface area contributed by atoms with Crippen molar-refractivity contribution in [3.63, 3.8) is 0 Å². The van der Waals surface area contributed by atoms with Gasteiger partial charge in [0.25, 0.3) is 6.17 Å². The number of anilines is 1. The largest absolute Gasteiger partial charge is 0.500 e. The lowest BCUT2D eigenvalue weighted by Crippen LogP contribution is -2.55. The summed E-state index contributed by atoms with van der Waals surface area (Å²) in [6.45, 7) is 0. The summed E-state index contributed by atoms with van der Waals surface area (Å²) in [5.41, 5.74) is 2.25. The minimum atomic E-state index is -0.772. The average Bonchev–Trinajstić information content (AvgIpc) is 2.87. The molecule has 1 atom stereocenters. The molecule has 5 rings (SSSR count). The number of phenolic OH excluding ortho intramolecular Hbond substituents is 1. The highest BCUT2D eigenvalue weighted by atomic mass is 32.2. The second-order valence-electron chi connectivity index (χ2n) is 7.77. The highest BCUT2D eigenvalue weighted by Crippen LogP contribution is 2.40. The summed E-state index contributed by atoms with van der Waals surface area (Å²) >= 11 is 1.37.